The molecular formula is C30H38O7. The zero-order valence-electron chi connectivity index (χ0n) is 22.3. The van der Waals surface area contributed by atoms with Crippen molar-refractivity contribution < 1.29 is 34.1 Å². The highest BCUT2D eigenvalue weighted by Gasteiger charge is 2.65. The Morgan fingerprint density at radius 1 is 1.11 bits per heavy atom. The summed E-state index contributed by atoms with van der Waals surface area (Å²) in [5, 5.41) is 24.0. The molecule has 7 nitrogen and oxygen atoms in total. The molecule has 7 heteroatoms. The number of aliphatic hydroxyl groups is 2. The van der Waals surface area contributed by atoms with Gasteiger partial charge in [0.25, 0.3) is 0 Å². The van der Waals surface area contributed by atoms with Crippen LogP contribution < -0.4 is 0 Å². The number of carbonyl (C=O) groups excluding carboxylic acids is 3. The van der Waals surface area contributed by atoms with Gasteiger partial charge in [-0.15, -0.1) is 0 Å². The third kappa shape index (κ3) is 4.79. The summed E-state index contributed by atoms with van der Waals surface area (Å²) in [5.74, 6) is -3.05. The largest absolute Gasteiger partial charge is 0.461 e. The van der Waals surface area contributed by atoms with Gasteiger partial charge in [-0.2, -0.15) is 0 Å². The Morgan fingerprint density at radius 3 is 2.41 bits per heavy atom. The first-order valence-corrected chi connectivity index (χ1v) is 13.1. The summed E-state index contributed by atoms with van der Waals surface area (Å²) in [6.45, 7) is 8.78. The molecule has 6 unspecified atom stereocenters. The molecule has 0 radical (unpaired) electrons. The van der Waals surface area contributed by atoms with Crippen LogP contribution in [0.5, 0.6) is 0 Å². The van der Waals surface area contributed by atoms with E-state index in [2.05, 4.69) is 0 Å². The van der Waals surface area contributed by atoms with Gasteiger partial charge in [-0.05, 0) is 48.3 Å². The average molecular weight is 511 g/mol. The highest BCUT2D eigenvalue weighted by atomic mass is 16.6. The summed E-state index contributed by atoms with van der Waals surface area (Å²) in [5.41, 5.74) is -2.28. The molecule has 0 aromatic heterocycles. The van der Waals surface area contributed by atoms with Crippen LogP contribution in [0.2, 0.25) is 0 Å². The number of ether oxygens (including phenoxy) is 2. The van der Waals surface area contributed by atoms with Crippen LogP contribution in [0.15, 0.2) is 53.6 Å². The summed E-state index contributed by atoms with van der Waals surface area (Å²) in [7, 11) is 0. The van der Waals surface area contributed by atoms with E-state index in [9.17, 15) is 24.6 Å². The molecule has 0 saturated heterocycles. The molecule has 1 saturated carbocycles. The van der Waals surface area contributed by atoms with Gasteiger partial charge in [-0.3, -0.25) is 14.4 Å². The van der Waals surface area contributed by atoms with Crippen molar-refractivity contribution in [1.82, 2.24) is 0 Å². The van der Waals surface area contributed by atoms with Gasteiger partial charge in [0.1, 0.15) is 17.8 Å². The van der Waals surface area contributed by atoms with Gasteiger partial charge in [-0.1, -0.05) is 63.3 Å². The van der Waals surface area contributed by atoms with Crippen molar-refractivity contribution in [3.8, 4) is 0 Å². The summed E-state index contributed by atoms with van der Waals surface area (Å²) in [4.78, 5) is 37.8. The third-order valence-corrected chi connectivity index (χ3v) is 8.74. The van der Waals surface area contributed by atoms with E-state index >= 15 is 0 Å². The molecule has 3 aliphatic rings. The van der Waals surface area contributed by atoms with Gasteiger partial charge >= 0.3 is 11.9 Å². The van der Waals surface area contributed by atoms with Crippen molar-refractivity contribution in [1.29, 1.82) is 0 Å². The SMILES string of the molecule is CC(=O)OCC1=CC2CC(OC(=O)Cc3ccccc3)(C(C)C)CC(C)C2(O)C2C=C(C)C(=O)C2(O)C1. The highest BCUT2D eigenvalue weighted by molar-refractivity contribution is 6.04. The Bertz CT molecular complexity index is 1140. The first kappa shape index (κ1) is 27.3. The molecule has 4 rings (SSSR count). The van der Waals surface area contributed by atoms with E-state index in [0.717, 1.165) is 5.56 Å². The zero-order valence-corrected chi connectivity index (χ0v) is 22.3. The smallest absolute Gasteiger partial charge is 0.310 e. The lowest BCUT2D eigenvalue weighted by molar-refractivity contribution is -0.213. The average Bonchev–Trinajstić information content (AvgIpc) is 2.99. The Balaban J connectivity index is 1.72. The molecule has 3 aliphatic carbocycles. The minimum atomic E-state index is -1.82. The Hall–Kier alpha value is -2.77. The first-order chi connectivity index (χ1) is 17.3. The molecule has 37 heavy (non-hydrogen) atoms. The van der Waals surface area contributed by atoms with E-state index in [1.54, 1.807) is 13.0 Å². The molecule has 1 aromatic rings. The van der Waals surface area contributed by atoms with Gasteiger partial charge in [0, 0.05) is 25.2 Å². The van der Waals surface area contributed by atoms with Gasteiger partial charge in [0.05, 0.1) is 12.0 Å². The van der Waals surface area contributed by atoms with Gasteiger partial charge < -0.3 is 19.7 Å². The van der Waals surface area contributed by atoms with Crippen molar-refractivity contribution >= 4 is 17.7 Å². The number of carbonyl (C=O) groups is 3. The third-order valence-electron chi connectivity index (χ3n) is 8.74. The molecule has 0 aliphatic heterocycles. The topological polar surface area (TPSA) is 110 Å². The molecule has 200 valence electrons. The van der Waals surface area contributed by atoms with Crippen molar-refractivity contribution in [2.24, 2.45) is 23.7 Å². The molecule has 1 fully saturated rings. The van der Waals surface area contributed by atoms with Crippen LogP contribution in [-0.4, -0.2) is 51.3 Å². The van der Waals surface area contributed by atoms with Crippen molar-refractivity contribution in [3.05, 3.63) is 59.2 Å². The molecule has 6 atom stereocenters. The Morgan fingerprint density at radius 2 is 1.78 bits per heavy atom. The normalized spacial score (nSPS) is 35.1. The fourth-order valence-corrected chi connectivity index (χ4v) is 6.73. The molecule has 0 spiro atoms. The minimum Gasteiger partial charge on any atom is -0.461 e. The summed E-state index contributed by atoms with van der Waals surface area (Å²) in [6, 6.07) is 9.42. The van der Waals surface area contributed by atoms with Crippen LogP contribution in [0, 0.1) is 23.7 Å². The van der Waals surface area contributed by atoms with Crippen LogP contribution >= 0.6 is 0 Å². The number of benzene rings is 1. The second-order valence-electron chi connectivity index (χ2n) is 11.5. The van der Waals surface area contributed by atoms with Crippen LogP contribution in [0.3, 0.4) is 0 Å². The second-order valence-corrected chi connectivity index (χ2v) is 11.5. The number of rotatable bonds is 6. The predicted molar refractivity (Wildman–Crippen MR) is 137 cm³/mol. The summed E-state index contributed by atoms with van der Waals surface area (Å²) in [6.07, 6.45) is 4.35. The van der Waals surface area contributed by atoms with Gasteiger partial charge in [0.2, 0.25) is 0 Å². The number of hydrogen-bond acceptors (Lipinski definition) is 7. The maximum atomic E-state index is 13.1. The number of Topliss-reactive ketones (excluding diaryl/α,β-unsaturated/α-hetero) is 1. The molecule has 1 aromatic carbocycles. The molecule has 2 N–H and O–H groups in total. The van der Waals surface area contributed by atoms with Crippen molar-refractivity contribution in [3.63, 3.8) is 0 Å². The van der Waals surface area contributed by atoms with Crippen LogP contribution in [0.1, 0.15) is 59.4 Å². The van der Waals surface area contributed by atoms with Crippen molar-refractivity contribution in [2.45, 2.75) is 77.1 Å². The Kier molecular flexibility index (Phi) is 7.25. The quantitative estimate of drug-likeness (QED) is 0.443. The monoisotopic (exact) mass is 510 g/mol. The Labute approximate surface area is 218 Å². The van der Waals surface area contributed by atoms with Crippen molar-refractivity contribution in [2.75, 3.05) is 6.61 Å². The fourth-order valence-electron chi connectivity index (χ4n) is 6.73. The predicted octanol–water partition coefficient (Wildman–Crippen LogP) is 3.71. The number of hydrogen-bond donors (Lipinski definition) is 2. The number of ketones is 1. The summed E-state index contributed by atoms with van der Waals surface area (Å²) >= 11 is 0. The van der Waals surface area contributed by atoms with E-state index in [1.807, 2.05) is 57.2 Å². The fraction of sp³-hybridized carbons (Fsp3) is 0.567. The maximum absolute atomic E-state index is 13.1. The van der Waals surface area contributed by atoms with E-state index < -0.39 is 46.3 Å². The molecule has 0 amide bonds. The number of esters is 2. The van der Waals surface area contributed by atoms with E-state index in [4.69, 9.17) is 9.47 Å². The molecule has 0 bridgehead atoms. The number of fused-ring (bicyclic) bond motifs is 3. The summed E-state index contributed by atoms with van der Waals surface area (Å²) < 4.78 is 11.5. The lowest BCUT2D eigenvalue weighted by atomic mass is 9.55. The highest BCUT2D eigenvalue weighted by Crippen LogP contribution is 2.58. The first-order valence-electron chi connectivity index (χ1n) is 13.1. The van der Waals surface area contributed by atoms with E-state index in [1.165, 1.54) is 6.92 Å². The lowest BCUT2D eigenvalue weighted by Crippen LogP contribution is -2.63. The standard InChI is InChI=1S/C30H38O7/c1-18(2)28(37-26(32)13-22-9-7-6-8-10-22)14-20(4)30(35)24(16-28)12-23(17-36-21(5)31)15-29(34)25(30)11-19(3)27(29)33/h6-12,18,20,24-25,34-35H,13-17H2,1-5H3. The van der Waals surface area contributed by atoms with Gasteiger partial charge in [-0.25, -0.2) is 0 Å². The second kappa shape index (κ2) is 9.84. The molecule has 0 heterocycles. The van der Waals surface area contributed by atoms with Gasteiger partial charge in [0.15, 0.2) is 5.78 Å². The van der Waals surface area contributed by atoms with Crippen LogP contribution in [-0.2, 0) is 30.3 Å². The lowest BCUT2D eigenvalue weighted by Gasteiger charge is -2.55. The zero-order chi connectivity index (χ0) is 27.2. The van der Waals surface area contributed by atoms with E-state index in [-0.39, 0.29) is 31.3 Å². The van der Waals surface area contributed by atoms with Crippen LogP contribution in [0.4, 0.5) is 0 Å². The maximum Gasteiger partial charge on any atom is 0.310 e. The van der Waals surface area contributed by atoms with E-state index in [0.29, 0.717) is 24.0 Å². The minimum absolute atomic E-state index is 0.0361. The molecular weight excluding hydrogens is 472 g/mol. The van der Waals surface area contributed by atoms with Crippen LogP contribution in [0.25, 0.3) is 0 Å².